The Labute approximate surface area is 93.9 Å². The van der Waals surface area contributed by atoms with E-state index in [2.05, 4.69) is 9.97 Å². The normalized spacial score (nSPS) is 10.9. The van der Waals surface area contributed by atoms with E-state index in [9.17, 15) is 9.59 Å². The van der Waals surface area contributed by atoms with Crippen LogP contribution in [0.2, 0.25) is 0 Å². The molecule has 86 valence electrons. The molecule has 0 unspecified atom stereocenters. The molecule has 1 heterocycles. The van der Waals surface area contributed by atoms with Crippen LogP contribution in [0.5, 0.6) is 0 Å². The first-order valence-corrected chi connectivity index (χ1v) is 4.90. The number of hydrogen-bond donors (Lipinski definition) is 0. The SMILES string of the molecule is CC(C)(C)OC(=O)CC(=O)c1ncccn1. The highest BCUT2D eigenvalue weighted by atomic mass is 16.6. The summed E-state index contributed by atoms with van der Waals surface area (Å²) in [6.45, 7) is 5.23. The molecule has 5 heteroatoms. The van der Waals surface area contributed by atoms with Gasteiger partial charge in [0.05, 0.1) is 0 Å². The molecule has 5 nitrogen and oxygen atoms in total. The van der Waals surface area contributed by atoms with Crippen LogP contribution >= 0.6 is 0 Å². The van der Waals surface area contributed by atoms with Crippen LogP contribution in [0.1, 0.15) is 37.8 Å². The van der Waals surface area contributed by atoms with E-state index in [0.717, 1.165) is 0 Å². The number of rotatable bonds is 3. The Balaban J connectivity index is 2.56. The van der Waals surface area contributed by atoms with E-state index >= 15 is 0 Å². The number of aromatic nitrogens is 2. The summed E-state index contributed by atoms with van der Waals surface area (Å²) in [5.41, 5.74) is -0.588. The first kappa shape index (κ1) is 12.3. The first-order chi connectivity index (χ1) is 7.38. The third-order valence-electron chi connectivity index (χ3n) is 1.54. The molecule has 0 amide bonds. The number of hydrogen-bond acceptors (Lipinski definition) is 5. The Kier molecular flexibility index (Phi) is 3.71. The lowest BCUT2D eigenvalue weighted by Crippen LogP contribution is -2.25. The monoisotopic (exact) mass is 222 g/mol. The maximum absolute atomic E-state index is 11.5. The van der Waals surface area contributed by atoms with Gasteiger partial charge >= 0.3 is 5.97 Å². The van der Waals surface area contributed by atoms with E-state index in [1.54, 1.807) is 26.8 Å². The number of nitrogens with zero attached hydrogens (tertiary/aromatic N) is 2. The summed E-state index contributed by atoms with van der Waals surface area (Å²) >= 11 is 0. The quantitative estimate of drug-likeness (QED) is 0.439. The second-order valence-corrected chi connectivity index (χ2v) is 4.26. The lowest BCUT2D eigenvalue weighted by molar-refractivity contribution is -0.153. The Hall–Kier alpha value is -1.78. The van der Waals surface area contributed by atoms with Gasteiger partial charge in [0.25, 0.3) is 0 Å². The highest BCUT2D eigenvalue weighted by Crippen LogP contribution is 2.09. The summed E-state index contributed by atoms with van der Waals surface area (Å²) in [5, 5.41) is 0. The molecule has 0 saturated carbocycles. The van der Waals surface area contributed by atoms with Gasteiger partial charge in [0.1, 0.15) is 12.0 Å². The second kappa shape index (κ2) is 4.83. The molecular formula is C11H14N2O3. The van der Waals surface area contributed by atoms with Gasteiger partial charge < -0.3 is 4.74 Å². The van der Waals surface area contributed by atoms with Crippen LogP contribution in [0, 0.1) is 0 Å². The molecule has 16 heavy (non-hydrogen) atoms. The summed E-state index contributed by atoms with van der Waals surface area (Å²) in [4.78, 5) is 30.4. The molecule has 0 aromatic carbocycles. The van der Waals surface area contributed by atoms with Gasteiger partial charge in [0, 0.05) is 12.4 Å². The summed E-state index contributed by atoms with van der Waals surface area (Å²) < 4.78 is 5.01. The minimum absolute atomic E-state index is 0.0355. The van der Waals surface area contributed by atoms with Crippen molar-refractivity contribution in [1.29, 1.82) is 0 Å². The Morgan fingerprint density at radius 1 is 1.25 bits per heavy atom. The number of esters is 1. The number of ketones is 1. The molecule has 0 radical (unpaired) electrons. The zero-order chi connectivity index (χ0) is 12.2. The Morgan fingerprint density at radius 3 is 2.31 bits per heavy atom. The fourth-order valence-corrected chi connectivity index (χ4v) is 1.03. The predicted octanol–water partition coefficient (Wildman–Crippen LogP) is 1.39. The topological polar surface area (TPSA) is 69.2 Å². The third kappa shape index (κ3) is 4.16. The van der Waals surface area contributed by atoms with E-state index in [1.165, 1.54) is 12.4 Å². The van der Waals surface area contributed by atoms with Gasteiger partial charge in [-0.1, -0.05) is 0 Å². The zero-order valence-electron chi connectivity index (χ0n) is 9.56. The summed E-state index contributed by atoms with van der Waals surface area (Å²) in [5.74, 6) is -0.965. The standard InChI is InChI=1S/C11H14N2O3/c1-11(2,3)16-9(15)7-8(14)10-12-5-4-6-13-10/h4-6H,7H2,1-3H3. The molecular weight excluding hydrogens is 208 g/mol. The minimum atomic E-state index is -0.588. The lowest BCUT2D eigenvalue weighted by atomic mass is 10.2. The molecule has 0 spiro atoms. The summed E-state index contributed by atoms with van der Waals surface area (Å²) in [6.07, 6.45) is 2.58. The molecule has 0 fully saturated rings. The number of carbonyl (C=O) groups excluding carboxylic acids is 2. The van der Waals surface area contributed by atoms with Crippen molar-refractivity contribution in [3.8, 4) is 0 Å². The molecule has 1 aromatic heterocycles. The van der Waals surface area contributed by atoms with Crippen LogP contribution in [0.25, 0.3) is 0 Å². The molecule has 0 aliphatic heterocycles. The third-order valence-corrected chi connectivity index (χ3v) is 1.54. The van der Waals surface area contributed by atoms with Crippen molar-refractivity contribution in [2.24, 2.45) is 0 Å². The maximum Gasteiger partial charge on any atom is 0.314 e. The predicted molar refractivity (Wildman–Crippen MR) is 56.8 cm³/mol. The van der Waals surface area contributed by atoms with Crippen LogP contribution in [0.3, 0.4) is 0 Å². The zero-order valence-corrected chi connectivity index (χ0v) is 9.56. The largest absolute Gasteiger partial charge is 0.460 e. The van der Waals surface area contributed by atoms with Gasteiger partial charge in [-0.25, -0.2) is 9.97 Å². The highest BCUT2D eigenvalue weighted by molar-refractivity contribution is 6.03. The molecule has 0 aliphatic rings. The van der Waals surface area contributed by atoms with E-state index in [-0.39, 0.29) is 12.2 Å². The van der Waals surface area contributed by atoms with E-state index in [1.807, 2.05) is 0 Å². The van der Waals surface area contributed by atoms with E-state index in [0.29, 0.717) is 0 Å². The molecule has 0 atom stereocenters. The minimum Gasteiger partial charge on any atom is -0.460 e. The number of Topliss-reactive ketones (excluding diaryl/α,β-unsaturated/α-hetero) is 1. The van der Waals surface area contributed by atoms with Crippen molar-refractivity contribution in [2.75, 3.05) is 0 Å². The van der Waals surface area contributed by atoms with Gasteiger partial charge in [-0.05, 0) is 26.8 Å². The fourth-order valence-electron chi connectivity index (χ4n) is 1.03. The van der Waals surface area contributed by atoms with Crippen LogP contribution in [-0.4, -0.2) is 27.3 Å². The summed E-state index contributed by atoms with van der Waals surface area (Å²) in [7, 11) is 0. The van der Waals surface area contributed by atoms with Gasteiger partial charge in [0.2, 0.25) is 5.78 Å². The number of ether oxygens (including phenoxy) is 1. The highest BCUT2D eigenvalue weighted by Gasteiger charge is 2.20. The van der Waals surface area contributed by atoms with Gasteiger partial charge in [-0.15, -0.1) is 0 Å². The van der Waals surface area contributed by atoms with Crippen LogP contribution < -0.4 is 0 Å². The Morgan fingerprint density at radius 2 is 1.81 bits per heavy atom. The maximum atomic E-state index is 11.5. The molecule has 0 N–H and O–H groups in total. The van der Waals surface area contributed by atoms with Gasteiger partial charge in [0.15, 0.2) is 5.82 Å². The molecule has 0 aliphatic carbocycles. The average molecular weight is 222 g/mol. The van der Waals surface area contributed by atoms with Crippen LogP contribution in [-0.2, 0) is 9.53 Å². The fraction of sp³-hybridized carbons (Fsp3) is 0.455. The van der Waals surface area contributed by atoms with Crippen molar-refractivity contribution in [3.63, 3.8) is 0 Å². The molecule has 0 saturated heterocycles. The Bertz CT molecular complexity index is 382. The van der Waals surface area contributed by atoms with Gasteiger partial charge in [-0.2, -0.15) is 0 Å². The van der Waals surface area contributed by atoms with Crippen molar-refractivity contribution < 1.29 is 14.3 Å². The lowest BCUT2D eigenvalue weighted by Gasteiger charge is -2.18. The molecule has 0 bridgehead atoms. The smallest absolute Gasteiger partial charge is 0.314 e. The van der Waals surface area contributed by atoms with Crippen molar-refractivity contribution >= 4 is 11.8 Å². The van der Waals surface area contributed by atoms with Crippen LogP contribution in [0.4, 0.5) is 0 Å². The van der Waals surface area contributed by atoms with E-state index < -0.39 is 17.4 Å². The van der Waals surface area contributed by atoms with Crippen molar-refractivity contribution in [1.82, 2.24) is 9.97 Å². The second-order valence-electron chi connectivity index (χ2n) is 4.26. The number of carbonyl (C=O) groups is 2. The summed E-state index contributed by atoms with van der Waals surface area (Å²) in [6, 6.07) is 1.60. The molecule has 1 rings (SSSR count). The van der Waals surface area contributed by atoms with Gasteiger partial charge in [-0.3, -0.25) is 9.59 Å². The molecule has 1 aromatic rings. The van der Waals surface area contributed by atoms with Crippen molar-refractivity contribution in [2.45, 2.75) is 32.8 Å². The van der Waals surface area contributed by atoms with E-state index in [4.69, 9.17) is 4.74 Å². The van der Waals surface area contributed by atoms with Crippen molar-refractivity contribution in [3.05, 3.63) is 24.3 Å². The average Bonchev–Trinajstić information content (AvgIpc) is 2.16. The van der Waals surface area contributed by atoms with Crippen LogP contribution in [0.15, 0.2) is 18.5 Å². The first-order valence-electron chi connectivity index (χ1n) is 4.90.